The van der Waals surface area contributed by atoms with Gasteiger partial charge in [-0.25, -0.2) is 4.79 Å². The monoisotopic (exact) mass is 308 g/mol. The van der Waals surface area contributed by atoms with Crippen LogP contribution in [0.4, 0.5) is 24.7 Å². The van der Waals surface area contributed by atoms with Crippen molar-refractivity contribution in [2.45, 2.75) is 51.9 Å². The molecule has 1 heterocycles. The predicted octanol–water partition coefficient (Wildman–Crippen LogP) is 1.67. The maximum atomic E-state index is 12.3. The van der Waals surface area contributed by atoms with Crippen LogP contribution < -0.4 is 22.3 Å². The zero-order chi connectivity index (χ0) is 16.2. The summed E-state index contributed by atoms with van der Waals surface area (Å²) in [4.78, 5) is 25.4. The van der Waals surface area contributed by atoms with Crippen molar-refractivity contribution < 1.29 is 13.2 Å². The fourth-order valence-corrected chi connectivity index (χ4v) is 1.91. The number of nitrogens with one attached hydrogen (secondary N) is 2. The molecule has 21 heavy (non-hydrogen) atoms. The maximum absolute atomic E-state index is 12.3. The van der Waals surface area contributed by atoms with Gasteiger partial charge in [0.2, 0.25) is 0 Å². The Morgan fingerprint density at radius 1 is 1.38 bits per heavy atom. The molecule has 1 aromatic rings. The highest BCUT2D eigenvalue weighted by Gasteiger charge is 2.30. The van der Waals surface area contributed by atoms with Crippen LogP contribution in [0.1, 0.15) is 33.1 Å². The molecule has 0 aromatic carbocycles. The topological polar surface area (TPSA) is 92.9 Å². The van der Waals surface area contributed by atoms with Gasteiger partial charge in [0.05, 0.1) is 6.42 Å². The van der Waals surface area contributed by atoms with Gasteiger partial charge >= 0.3 is 11.9 Å². The Morgan fingerprint density at radius 3 is 2.52 bits per heavy atom. The van der Waals surface area contributed by atoms with Crippen molar-refractivity contribution in [3.8, 4) is 0 Å². The smallest absolute Gasteiger partial charge is 0.383 e. The third kappa shape index (κ3) is 4.83. The molecule has 0 aliphatic rings. The number of halogens is 3. The van der Waals surface area contributed by atoms with Gasteiger partial charge in [0.25, 0.3) is 5.56 Å². The van der Waals surface area contributed by atoms with E-state index in [1.165, 1.54) is 6.92 Å². The number of aromatic amines is 1. The predicted molar refractivity (Wildman–Crippen MR) is 74.4 cm³/mol. The van der Waals surface area contributed by atoms with Crippen LogP contribution in [0.15, 0.2) is 9.59 Å². The number of nitrogens with two attached hydrogens (primary N) is 1. The Kier molecular flexibility index (Phi) is 5.45. The fraction of sp³-hybridized carbons (Fsp3) is 0.667. The number of hydrogen-bond donors (Lipinski definition) is 3. The van der Waals surface area contributed by atoms with Crippen LogP contribution in [0, 0.1) is 0 Å². The summed E-state index contributed by atoms with van der Waals surface area (Å²) in [6.45, 7) is 3.49. The first-order chi connectivity index (χ1) is 9.65. The summed E-state index contributed by atoms with van der Waals surface area (Å²) in [7, 11) is 0. The normalized spacial score (nSPS) is 13.2. The van der Waals surface area contributed by atoms with Crippen LogP contribution in [0.3, 0.4) is 0 Å². The minimum absolute atomic E-state index is 0.147. The van der Waals surface area contributed by atoms with Crippen LogP contribution in [0.5, 0.6) is 0 Å². The van der Waals surface area contributed by atoms with E-state index in [9.17, 15) is 22.8 Å². The minimum atomic E-state index is -4.36. The van der Waals surface area contributed by atoms with E-state index in [1.54, 1.807) is 0 Å². The average Bonchev–Trinajstić information content (AvgIpc) is 2.32. The van der Waals surface area contributed by atoms with Crippen LogP contribution in [-0.2, 0) is 6.54 Å². The molecule has 120 valence electrons. The van der Waals surface area contributed by atoms with Crippen molar-refractivity contribution >= 4 is 11.5 Å². The Hall–Kier alpha value is -1.93. The molecule has 0 aliphatic heterocycles. The largest absolute Gasteiger partial charge is 0.391 e. The van der Waals surface area contributed by atoms with E-state index in [2.05, 4.69) is 10.3 Å². The summed E-state index contributed by atoms with van der Waals surface area (Å²) < 4.78 is 38.1. The Labute approximate surface area is 119 Å². The van der Waals surface area contributed by atoms with Gasteiger partial charge in [-0.2, -0.15) is 13.2 Å². The summed E-state index contributed by atoms with van der Waals surface area (Å²) in [6, 6.07) is -1.04. The first-order valence-corrected chi connectivity index (χ1v) is 6.61. The molecule has 0 saturated heterocycles. The lowest BCUT2D eigenvalue weighted by molar-refractivity contribution is -0.136. The first kappa shape index (κ1) is 17.1. The number of nitrogen functional groups attached to an aromatic ring is 1. The quantitative estimate of drug-likeness (QED) is 0.745. The molecule has 0 fully saturated rings. The van der Waals surface area contributed by atoms with Crippen molar-refractivity contribution in [3.05, 3.63) is 20.8 Å². The van der Waals surface area contributed by atoms with Crippen LogP contribution in [0.2, 0.25) is 0 Å². The number of unbranched alkanes of at least 4 members (excludes halogenated alkanes) is 1. The number of hydrogen-bond acceptors (Lipinski definition) is 4. The SMILES string of the molecule is CCCCn1c(N)c(NC(C)CC(F)(F)F)c(=O)[nH]c1=O. The molecule has 4 N–H and O–H groups in total. The highest BCUT2D eigenvalue weighted by atomic mass is 19.4. The third-order valence-electron chi connectivity index (χ3n) is 2.90. The second-order valence-corrected chi connectivity index (χ2v) is 4.89. The van der Waals surface area contributed by atoms with Gasteiger partial charge in [0, 0.05) is 12.6 Å². The lowest BCUT2D eigenvalue weighted by atomic mass is 10.2. The van der Waals surface area contributed by atoms with E-state index in [0.29, 0.717) is 13.0 Å². The van der Waals surface area contributed by atoms with Gasteiger partial charge in [-0.3, -0.25) is 14.3 Å². The summed E-state index contributed by atoms with van der Waals surface area (Å²) in [6.07, 6.45) is -4.00. The molecular formula is C12H19F3N4O2. The van der Waals surface area contributed by atoms with E-state index in [0.717, 1.165) is 11.0 Å². The maximum Gasteiger partial charge on any atom is 0.391 e. The van der Waals surface area contributed by atoms with Crippen molar-refractivity contribution in [2.75, 3.05) is 11.1 Å². The average molecular weight is 308 g/mol. The minimum Gasteiger partial charge on any atom is -0.383 e. The van der Waals surface area contributed by atoms with Crippen molar-refractivity contribution in [1.82, 2.24) is 9.55 Å². The van der Waals surface area contributed by atoms with E-state index < -0.39 is 29.9 Å². The summed E-state index contributed by atoms with van der Waals surface area (Å²) in [5, 5.41) is 2.43. The zero-order valence-electron chi connectivity index (χ0n) is 11.9. The second kappa shape index (κ2) is 6.68. The van der Waals surface area contributed by atoms with Gasteiger partial charge in [-0.05, 0) is 13.3 Å². The molecule has 0 saturated carbocycles. The molecule has 0 radical (unpaired) electrons. The number of rotatable bonds is 6. The van der Waals surface area contributed by atoms with E-state index in [-0.39, 0.29) is 11.5 Å². The molecule has 1 atom stereocenters. The van der Waals surface area contributed by atoms with Crippen LogP contribution in [0.25, 0.3) is 0 Å². The molecule has 1 rings (SSSR count). The third-order valence-corrected chi connectivity index (χ3v) is 2.90. The van der Waals surface area contributed by atoms with Gasteiger partial charge in [0.1, 0.15) is 11.5 Å². The van der Waals surface area contributed by atoms with Crippen LogP contribution in [-0.4, -0.2) is 21.8 Å². The van der Waals surface area contributed by atoms with Gasteiger partial charge in [-0.15, -0.1) is 0 Å². The van der Waals surface area contributed by atoms with Gasteiger partial charge < -0.3 is 11.1 Å². The molecule has 1 unspecified atom stereocenters. The highest BCUT2D eigenvalue weighted by molar-refractivity contribution is 5.60. The summed E-state index contributed by atoms with van der Waals surface area (Å²) in [5.41, 5.74) is 4.04. The second-order valence-electron chi connectivity index (χ2n) is 4.89. The Bertz CT molecular complexity index is 592. The van der Waals surface area contributed by atoms with Crippen molar-refractivity contribution in [2.24, 2.45) is 0 Å². The molecule has 0 bridgehead atoms. The number of H-pyrrole nitrogens is 1. The van der Waals surface area contributed by atoms with E-state index in [4.69, 9.17) is 5.73 Å². The van der Waals surface area contributed by atoms with Gasteiger partial charge in [0.15, 0.2) is 0 Å². The molecule has 6 nitrogen and oxygen atoms in total. The summed E-state index contributed by atoms with van der Waals surface area (Å²) in [5.74, 6) is -0.147. The summed E-state index contributed by atoms with van der Waals surface area (Å²) >= 11 is 0. The molecule has 0 amide bonds. The molecule has 1 aromatic heterocycles. The number of nitrogens with zero attached hydrogens (tertiary/aromatic N) is 1. The first-order valence-electron chi connectivity index (χ1n) is 6.61. The Morgan fingerprint density at radius 2 is 2.00 bits per heavy atom. The molecule has 9 heteroatoms. The highest BCUT2D eigenvalue weighted by Crippen LogP contribution is 2.23. The number of alkyl halides is 3. The number of aromatic nitrogens is 2. The lowest BCUT2D eigenvalue weighted by Gasteiger charge is -2.19. The van der Waals surface area contributed by atoms with E-state index in [1.807, 2.05) is 6.92 Å². The zero-order valence-corrected chi connectivity index (χ0v) is 11.9. The van der Waals surface area contributed by atoms with Gasteiger partial charge in [-0.1, -0.05) is 13.3 Å². The van der Waals surface area contributed by atoms with E-state index >= 15 is 0 Å². The molecule has 0 spiro atoms. The van der Waals surface area contributed by atoms with Crippen molar-refractivity contribution in [1.29, 1.82) is 0 Å². The van der Waals surface area contributed by atoms with Crippen LogP contribution >= 0.6 is 0 Å². The standard InChI is InChI=1S/C12H19F3N4O2/c1-3-4-5-19-9(16)8(10(20)18-11(19)21)17-7(2)6-12(13,14)15/h7,17H,3-6,16H2,1-2H3,(H,18,20,21). The molecular weight excluding hydrogens is 289 g/mol. The van der Waals surface area contributed by atoms with Crippen molar-refractivity contribution in [3.63, 3.8) is 0 Å². The lowest BCUT2D eigenvalue weighted by Crippen LogP contribution is -2.36. The fourth-order valence-electron chi connectivity index (χ4n) is 1.91. The Balaban J connectivity index is 3.07. The number of anilines is 2. The molecule has 0 aliphatic carbocycles.